The molecule has 43 nitrogen and oxygen atoms in total. The maximum absolute atomic E-state index is 13.8. The molecule has 0 radical (unpaired) electrons. The van der Waals surface area contributed by atoms with E-state index in [4.69, 9.17) is 150 Å². The van der Waals surface area contributed by atoms with E-state index in [2.05, 4.69) is 54.8 Å². The fourth-order valence-corrected chi connectivity index (χ4v) is 21.7. The predicted molar refractivity (Wildman–Crippen MR) is 396 cm³/mol. The number of nitrogens with two attached hydrogens (primary N) is 5. The van der Waals surface area contributed by atoms with E-state index in [0.29, 0.717) is 34.4 Å². The third-order valence-electron chi connectivity index (χ3n) is 21.6. The second-order valence-corrected chi connectivity index (χ2v) is 39.2. The summed E-state index contributed by atoms with van der Waals surface area (Å²) in [6.45, 7) is -11.2. The number of nitrogen functional groups attached to an aromatic ring is 5. The van der Waals surface area contributed by atoms with Crippen molar-refractivity contribution in [2.75, 3.05) is 55.1 Å². The number of aryl methyl sites for hydroxylation is 2. The molecule has 10 aliphatic heterocycles. The normalized spacial score (nSPS) is 37.2. The highest BCUT2D eigenvalue weighted by Gasteiger charge is 2.72. The van der Waals surface area contributed by atoms with Gasteiger partial charge in [-0.25, -0.2) is 39.5 Å². The summed E-state index contributed by atoms with van der Waals surface area (Å²) in [4.78, 5) is 134. The number of hydrogen-bond acceptors (Lipinski definition) is 39. The highest BCUT2D eigenvalue weighted by atomic mass is 32.5. The molecule has 6 bridgehead atoms. The number of nitrogens with one attached hydrogen (secondary N) is 1. The number of aromatic amines is 1. The molecule has 0 spiro atoms. The highest BCUT2D eigenvalue weighted by molar-refractivity contribution is 8.08. The Balaban J connectivity index is 0.649. The lowest BCUT2D eigenvalue weighted by Crippen LogP contribution is -2.52. The summed E-state index contributed by atoms with van der Waals surface area (Å²) in [6.07, 6.45) is -10.2. The summed E-state index contributed by atoms with van der Waals surface area (Å²) in [5.41, 5.74) is 24.8. The minimum atomic E-state index is -4.79. The SMILES string of the molecule is CC[C@H]1O[C@@H](n2cnc3c(N)ncnc32)CC1OP(O)(=S)OC[C@H]1O[C@@H](n2cc(C)c(N)nc2=O)CC1OP(O)(=S)OC[C@]12O[C@@H](n3cc(C)c(N)nc3=O)[C@H](O[C@H]1C)C2OP(O)(=S)OC[C@]12O[C@@H](C3C=Nc4c(N)ncnc43)[C@@H](O[C@H]1C)C2OP(O)(=S)OC[C@]12O[C@@H](C3C=Nc4c3nc(N)[nH]c4=O)[C@@H](O[C@H]1C)C2O. The van der Waals surface area contributed by atoms with Crippen molar-refractivity contribution in [3.63, 3.8) is 0 Å². The van der Waals surface area contributed by atoms with Crippen LogP contribution in [0.3, 0.4) is 0 Å². The van der Waals surface area contributed by atoms with E-state index in [1.54, 1.807) is 39.2 Å². The summed E-state index contributed by atoms with van der Waals surface area (Å²) < 4.78 is 107. The number of aromatic nitrogens is 12. The maximum atomic E-state index is 13.8. The zero-order chi connectivity index (χ0) is 78.0. The van der Waals surface area contributed by atoms with Crippen LogP contribution >= 0.6 is 26.9 Å². The van der Waals surface area contributed by atoms with Crippen molar-refractivity contribution in [2.24, 2.45) is 9.98 Å². The van der Waals surface area contributed by atoms with Crippen LogP contribution in [0.2, 0.25) is 0 Å². The smallest absolute Gasteiger partial charge is 0.351 e. The minimum absolute atomic E-state index is 0.00710. The first-order chi connectivity index (χ1) is 52.0. The van der Waals surface area contributed by atoms with E-state index in [9.17, 15) is 39.1 Å². The standard InChI is InChI=1S/C59H75N19O24P4S4/c1-7-28-29(8-33(94-28)78-20-71-38-50(63)69-19-70-51(38)78)99-103(83,107)87-14-31-30(9-32(95-31)76-12-21(2)47(60)73-55(76)81)100-104(84,108)89-17-59-25(6)93-43(53(98-59)77-13-22(3)48(61)74-56(77)82)46(59)102-106(86,110)90-16-58-24(5)92-42(40(97-58)26-10-65-36-34(26)67-18-68-49(36)62)45(58)101-105(85,109)88-15-57-23(4)91-41(44(57)79)39(96-57)27-11-66-37-35(27)72-54(64)75-52(37)80/h10-13,18-20,23-33,39-46,53,79H,7-9,14-17H2,1-6H3,(H,83,107)(H,84,108)(H,85,109)(H,86,110)(H2,60,73,81)(H2,61,74,82)(H2,62,67,68)(H2,63,69,70)(H3,64,72,75,80)/t23-,24-,25-,26?,27?,28+,29?,30?,31+,32+,33+,39-,40-,41+,42+,43+,44?,45?,46?,53+,57-,58-,59-,103?,104?,105?,106?/m0/s1. The van der Waals surface area contributed by atoms with Crippen LogP contribution in [0.1, 0.15) is 100.0 Å². The lowest BCUT2D eigenvalue weighted by atomic mass is 9.92. The van der Waals surface area contributed by atoms with Gasteiger partial charge in [0.05, 0.1) is 92.6 Å². The number of anilines is 5. The molecule has 16 N–H and O–H groups in total. The van der Waals surface area contributed by atoms with Crippen LogP contribution in [0.4, 0.5) is 40.6 Å². The van der Waals surface area contributed by atoms with E-state index in [1.165, 1.54) is 43.8 Å². The fraction of sp³-hybridized carbons (Fsp3) is 0.610. The lowest BCUT2D eigenvalue weighted by molar-refractivity contribution is -0.216. The van der Waals surface area contributed by atoms with E-state index < -0.39 is 209 Å². The molecular formula is C59H75N19O24P4S4. The van der Waals surface area contributed by atoms with Crippen LogP contribution in [0.15, 0.2) is 55.7 Å². The number of fused-ring (bicyclic) bond motifs is 9. The van der Waals surface area contributed by atoms with Crippen LogP contribution in [0, 0.1) is 13.8 Å². The Morgan fingerprint density at radius 2 is 1.07 bits per heavy atom. The van der Waals surface area contributed by atoms with Crippen molar-refractivity contribution in [1.82, 2.24) is 58.6 Å². The van der Waals surface area contributed by atoms with Gasteiger partial charge in [-0.1, -0.05) is 6.92 Å². The number of hydrogen-bond donors (Lipinski definition) is 11. The summed E-state index contributed by atoms with van der Waals surface area (Å²) in [5.74, 6) is -1.68. The topological polar surface area (TPSA) is 589 Å². The number of ether oxygens (including phenoxy) is 8. The summed E-state index contributed by atoms with van der Waals surface area (Å²) in [7, 11) is 0. The van der Waals surface area contributed by atoms with Gasteiger partial charge in [0.1, 0.15) is 120 Å². The lowest BCUT2D eigenvalue weighted by Gasteiger charge is -2.39. The Morgan fingerprint density at radius 3 is 1.75 bits per heavy atom. The zero-order valence-electron chi connectivity index (χ0n) is 58.7. The number of rotatable bonds is 26. The van der Waals surface area contributed by atoms with Crippen molar-refractivity contribution in [2.45, 2.75) is 200 Å². The van der Waals surface area contributed by atoms with E-state index >= 15 is 0 Å². The fourth-order valence-electron chi connectivity index (χ4n) is 15.9. The molecule has 0 aliphatic carbocycles. The van der Waals surface area contributed by atoms with Crippen LogP contribution in [-0.4, -0.2) is 230 Å². The van der Waals surface area contributed by atoms with Gasteiger partial charge in [-0.3, -0.25) is 42.5 Å². The van der Waals surface area contributed by atoms with Gasteiger partial charge in [-0.05, 0) is 88.3 Å². The summed E-state index contributed by atoms with van der Waals surface area (Å²) in [5, 5.41) is 11.9. The molecule has 0 saturated carbocycles. The number of aliphatic imine (C=N–C) groups is 2. The number of nitrogens with zero attached hydrogens (tertiary/aromatic N) is 13. The molecule has 16 rings (SSSR count). The molecule has 594 valence electrons. The molecule has 51 heteroatoms. The van der Waals surface area contributed by atoms with Crippen molar-refractivity contribution < 1.29 is 98.8 Å². The van der Waals surface area contributed by atoms with E-state index in [0.717, 1.165) is 9.13 Å². The van der Waals surface area contributed by atoms with Gasteiger partial charge in [-0.2, -0.15) is 9.97 Å². The number of H-pyrrole nitrogens is 1. The van der Waals surface area contributed by atoms with E-state index in [-0.39, 0.29) is 59.1 Å². The largest absolute Gasteiger partial charge is 0.387 e. The monoisotopic (exact) mass is 1690 g/mol. The molecule has 0 amide bonds. The molecule has 11 unspecified atom stereocenters. The summed E-state index contributed by atoms with van der Waals surface area (Å²) >= 11 is 23.0. The van der Waals surface area contributed by atoms with Crippen molar-refractivity contribution in [3.05, 3.63) is 85.2 Å². The Kier molecular flexibility index (Phi) is 20.4. The van der Waals surface area contributed by atoms with Crippen LogP contribution in [-0.2, 0) is 121 Å². The predicted octanol–water partition coefficient (Wildman–Crippen LogP) is 0.466. The molecular weight excluding hydrogens is 1610 g/mol. The van der Waals surface area contributed by atoms with Crippen LogP contribution in [0.5, 0.6) is 0 Å². The molecule has 0 aromatic carbocycles. The van der Waals surface area contributed by atoms with Crippen LogP contribution in [0.25, 0.3) is 11.2 Å². The highest BCUT2D eigenvalue weighted by Crippen LogP contribution is 2.63. The van der Waals surface area contributed by atoms with E-state index in [1.807, 2.05) is 6.92 Å². The minimum Gasteiger partial charge on any atom is -0.387 e. The van der Waals surface area contributed by atoms with Gasteiger partial charge in [-0.15, -0.1) is 0 Å². The van der Waals surface area contributed by atoms with Gasteiger partial charge >= 0.3 is 38.3 Å². The summed E-state index contributed by atoms with van der Waals surface area (Å²) in [6, 6.07) is 0. The molecule has 27 atom stereocenters. The first-order valence-electron chi connectivity index (χ1n) is 34.3. The number of aliphatic hydroxyl groups excluding tert-OH is 1. The molecule has 6 aromatic rings. The maximum Gasteiger partial charge on any atom is 0.351 e. The Hall–Kier alpha value is -5.63. The first-order valence-corrected chi connectivity index (χ1v) is 44.7. The third kappa shape index (κ3) is 13.7. The molecule has 16 heterocycles. The van der Waals surface area contributed by atoms with Gasteiger partial charge < -0.3 is 118 Å². The quantitative estimate of drug-likeness (QED) is 0.0329. The van der Waals surface area contributed by atoms with Gasteiger partial charge in [0.15, 0.2) is 29.2 Å². The average Bonchev–Trinajstić information content (AvgIpc) is 1.56. The van der Waals surface area contributed by atoms with Crippen molar-refractivity contribution in [1.29, 1.82) is 0 Å². The Morgan fingerprint density at radius 1 is 0.564 bits per heavy atom. The van der Waals surface area contributed by atoms with Crippen LogP contribution < -0.4 is 45.6 Å². The molecule has 8 saturated heterocycles. The van der Waals surface area contributed by atoms with Gasteiger partial charge in [0.25, 0.3) is 5.56 Å². The second-order valence-electron chi connectivity index (χ2n) is 28.0. The number of imidazole rings is 1. The molecule has 110 heavy (non-hydrogen) atoms. The molecule has 10 aliphatic rings. The van der Waals surface area contributed by atoms with Crippen molar-refractivity contribution in [3.8, 4) is 0 Å². The Bertz CT molecular complexity index is 5160. The van der Waals surface area contributed by atoms with Gasteiger partial charge in [0.2, 0.25) is 5.95 Å². The number of aliphatic hydroxyl groups is 1. The Labute approximate surface area is 642 Å². The van der Waals surface area contributed by atoms with Crippen molar-refractivity contribution >= 4 is 138 Å². The average molecular weight is 1690 g/mol. The van der Waals surface area contributed by atoms with Gasteiger partial charge in [0, 0.05) is 48.8 Å². The first kappa shape index (κ1) is 78.3. The second kappa shape index (κ2) is 28.7. The zero-order valence-corrected chi connectivity index (χ0v) is 65.5. The third-order valence-corrected chi connectivity index (χ3v) is 27.8. The molecule has 6 aromatic heterocycles. The molecule has 8 fully saturated rings.